The van der Waals surface area contributed by atoms with Crippen molar-refractivity contribution in [3.8, 4) is 5.75 Å². The van der Waals surface area contributed by atoms with Crippen molar-refractivity contribution in [2.75, 3.05) is 5.75 Å². The summed E-state index contributed by atoms with van der Waals surface area (Å²) in [6.45, 7) is 6.13. The predicted octanol–water partition coefficient (Wildman–Crippen LogP) is 4.43. The first-order valence-corrected chi connectivity index (χ1v) is 6.82. The Balaban J connectivity index is 2.57. The molecule has 0 aliphatic heterocycles. The maximum atomic E-state index is 11.6. The number of carbonyl (C=O) groups is 1. The van der Waals surface area contributed by atoms with E-state index in [-0.39, 0.29) is 10.7 Å². The predicted molar refractivity (Wildman–Crippen MR) is 74.3 cm³/mol. The first-order chi connectivity index (χ1) is 7.78. The van der Waals surface area contributed by atoms with Crippen LogP contribution in [0.4, 0.5) is 0 Å². The molecule has 0 heterocycles. The molecule has 0 N–H and O–H groups in total. The van der Waals surface area contributed by atoms with Crippen LogP contribution in [0.1, 0.15) is 20.8 Å². The topological polar surface area (TPSA) is 26.3 Å². The summed E-state index contributed by atoms with van der Waals surface area (Å²) in [5.41, 5.74) is 0. The van der Waals surface area contributed by atoms with Gasteiger partial charge in [-0.15, -0.1) is 11.8 Å². The Bertz CT molecular complexity index is 413. The second-order valence-electron chi connectivity index (χ2n) is 4.45. The van der Waals surface area contributed by atoms with Crippen LogP contribution in [0.2, 0.25) is 10.0 Å². The van der Waals surface area contributed by atoms with Gasteiger partial charge in [0.25, 0.3) is 0 Å². The molecule has 0 aliphatic carbocycles. The summed E-state index contributed by atoms with van der Waals surface area (Å²) in [7, 11) is 0. The molecule has 5 heteroatoms. The van der Waals surface area contributed by atoms with Crippen molar-refractivity contribution in [3.63, 3.8) is 0 Å². The van der Waals surface area contributed by atoms with Crippen LogP contribution in [0.15, 0.2) is 18.2 Å². The van der Waals surface area contributed by atoms with Crippen molar-refractivity contribution >= 4 is 40.9 Å². The van der Waals surface area contributed by atoms with Gasteiger partial charge in [-0.25, -0.2) is 0 Å². The molecule has 0 radical (unpaired) electrons. The van der Waals surface area contributed by atoms with Crippen LogP contribution in [-0.4, -0.2) is 16.5 Å². The molecule has 0 aromatic heterocycles. The van der Waals surface area contributed by atoms with Gasteiger partial charge in [0.2, 0.25) is 0 Å². The number of thioether (sulfide) groups is 1. The summed E-state index contributed by atoms with van der Waals surface area (Å²) in [6, 6.07) is 4.76. The van der Waals surface area contributed by atoms with Gasteiger partial charge in [0, 0.05) is 9.77 Å². The Morgan fingerprint density at radius 1 is 1.35 bits per heavy atom. The van der Waals surface area contributed by atoms with Gasteiger partial charge in [-0.3, -0.25) is 4.79 Å². The lowest BCUT2D eigenvalue weighted by Gasteiger charge is -2.16. The Hall–Kier alpha value is -0.380. The molecule has 0 atom stereocenters. The lowest BCUT2D eigenvalue weighted by molar-refractivity contribution is -0.131. The normalized spacial score (nSPS) is 11.4. The Labute approximate surface area is 116 Å². The first kappa shape index (κ1) is 14.7. The summed E-state index contributed by atoms with van der Waals surface area (Å²) in [6.07, 6.45) is 0. The molecule has 0 unspecified atom stereocenters. The molecule has 0 aliphatic rings. The maximum Gasteiger partial charge on any atom is 0.321 e. The minimum atomic E-state index is -0.311. The molecule has 94 valence electrons. The van der Waals surface area contributed by atoms with E-state index in [1.54, 1.807) is 18.2 Å². The van der Waals surface area contributed by atoms with Gasteiger partial charge in [-0.1, -0.05) is 44.0 Å². The van der Waals surface area contributed by atoms with Gasteiger partial charge >= 0.3 is 5.97 Å². The van der Waals surface area contributed by atoms with Crippen molar-refractivity contribution in [3.05, 3.63) is 28.2 Å². The molecule has 17 heavy (non-hydrogen) atoms. The van der Waals surface area contributed by atoms with E-state index in [1.165, 1.54) is 11.8 Å². The molecular formula is C12H14Cl2O2S. The SMILES string of the molecule is CC(C)(C)SCC(=O)Oc1ccc(Cl)cc1Cl. The monoisotopic (exact) mass is 292 g/mol. The quantitative estimate of drug-likeness (QED) is 0.609. The zero-order valence-electron chi connectivity index (χ0n) is 9.92. The van der Waals surface area contributed by atoms with E-state index in [0.29, 0.717) is 21.5 Å². The molecule has 1 aromatic carbocycles. The summed E-state index contributed by atoms with van der Waals surface area (Å²) >= 11 is 13.2. The molecule has 1 rings (SSSR count). The largest absolute Gasteiger partial charge is 0.424 e. The second kappa shape index (κ2) is 5.98. The third kappa shape index (κ3) is 5.66. The van der Waals surface area contributed by atoms with Gasteiger partial charge in [0.1, 0.15) is 5.75 Å². The van der Waals surface area contributed by atoms with Crippen LogP contribution in [0.25, 0.3) is 0 Å². The fourth-order valence-electron chi connectivity index (χ4n) is 0.986. The average Bonchev–Trinajstić information content (AvgIpc) is 2.18. The molecule has 0 amide bonds. The second-order valence-corrected chi connectivity index (χ2v) is 7.10. The average molecular weight is 293 g/mol. The molecule has 1 aromatic rings. The summed E-state index contributed by atoms with van der Waals surface area (Å²) < 4.78 is 5.18. The molecule has 0 fully saturated rings. The van der Waals surface area contributed by atoms with Crippen LogP contribution in [0, 0.1) is 0 Å². The van der Waals surface area contributed by atoms with E-state index in [1.807, 2.05) is 20.8 Å². The van der Waals surface area contributed by atoms with E-state index in [2.05, 4.69) is 0 Å². The highest BCUT2D eigenvalue weighted by molar-refractivity contribution is 8.01. The standard InChI is InChI=1S/C12H14Cl2O2S/c1-12(2,3)17-7-11(15)16-10-5-4-8(13)6-9(10)14/h4-6H,7H2,1-3H3. The van der Waals surface area contributed by atoms with Crippen LogP contribution in [-0.2, 0) is 4.79 Å². The van der Waals surface area contributed by atoms with Crippen LogP contribution in [0.3, 0.4) is 0 Å². The fraction of sp³-hybridized carbons (Fsp3) is 0.417. The van der Waals surface area contributed by atoms with E-state index in [0.717, 1.165) is 0 Å². The molecular weight excluding hydrogens is 279 g/mol. The molecule has 0 saturated heterocycles. The van der Waals surface area contributed by atoms with Crippen LogP contribution >= 0.6 is 35.0 Å². The zero-order chi connectivity index (χ0) is 13.1. The smallest absolute Gasteiger partial charge is 0.321 e. The van der Waals surface area contributed by atoms with Crippen molar-refractivity contribution < 1.29 is 9.53 Å². The highest BCUT2D eigenvalue weighted by Crippen LogP contribution is 2.28. The number of ether oxygens (including phenoxy) is 1. The minimum Gasteiger partial charge on any atom is -0.424 e. The molecule has 0 bridgehead atoms. The molecule has 2 nitrogen and oxygen atoms in total. The molecule has 0 saturated carbocycles. The number of hydrogen-bond acceptors (Lipinski definition) is 3. The maximum absolute atomic E-state index is 11.6. The van der Waals surface area contributed by atoms with Crippen LogP contribution in [0.5, 0.6) is 5.75 Å². The van der Waals surface area contributed by atoms with Gasteiger partial charge in [-0.2, -0.15) is 0 Å². The van der Waals surface area contributed by atoms with E-state index < -0.39 is 0 Å². The summed E-state index contributed by atoms with van der Waals surface area (Å²) in [5.74, 6) is 0.326. The first-order valence-electron chi connectivity index (χ1n) is 5.07. The minimum absolute atomic E-state index is 0.0306. The number of benzene rings is 1. The van der Waals surface area contributed by atoms with Gasteiger partial charge in [0.15, 0.2) is 0 Å². The van der Waals surface area contributed by atoms with Crippen molar-refractivity contribution in [2.24, 2.45) is 0 Å². The van der Waals surface area contributed by atoms with Crippen molar-refractivity contribution in [2.45, 2.75) is 25.5 Å². The lowest BCUT2D eigenvalue weighted by Crippen LogP contribution is -2.17. The van der Waals surface area contributed by atoms with Gasteiger partial charge in [0.05, 0.1) is 10.8 Å². The fourth-order valence-corrected chi connectivity index (χ4v) is 2.04. The Morgan fingerprint density at radius 3 is 2.53 bits per heavy atom. The van der Waals surface area contributed by atoms with E-state index >= 15 is 0 Å². The highest BCUT2D eigenvalue weighted by atomic mass is 35.5. The number of rotatable bonds is 3. The number of carbonyl (C=O) groups excluding carboxylic acids is 1. The van der Waals surface area contributed by atoms with Crippen molar-refractivity contribution in [1.82, 2.24) is 0 Å². The third-order valence-corrected chi connectivity index (χ3v) is 3.52. The third-order valence-electron chi connectivity index (χ3n) is 1.74. The van der Waals surface area contributed by atoms with Gasteiger partial charge in [-0.05, 0) is 18.2 Å². The van der Waals surface area contributed by atoms with E-state index in [9.17, 15) is 4.79 Å². The molecule has 0 spiro atoms. The van der Waals surface area contributed by atoms with Crippen molar-refractivity contribution in [1.29, 1.82) is 0 Å². The van der Waals surface area contributed by atoms with E-state index in [4.69, 9.17) is 27.9 Å². The Morgan fingerprint density at radius 2 is 2.00 bits per heavy atom. The zero-order valence-corrected chi connectivity index (χ0v) is 12.2. The Kier molecular flexibility index (Phi) is 5.17. The summed E-state index contributed by atoms with van der Waals surface area (Å²) in [4.78, 5) is 11.6. The summed E-state index contributed by atoms with van der Waals surface area (Å²) in [5, 5.41) is 0.852. The van der Waals surface area contributed by atoms with Crippen LogP contribution < -0.4 is 4.74 Å². The lowest BCUT2D eigenvalue weighted by atomic mass is 10.3. The number of halogens is 2. The number of esters is 1. The highest BCUT2D eigenvalue weighted by Gasteiger charge is 2.15. The number of hydrogen-bond donors (Lipinski definition) is 0. The van der Waals surface area contributed by atoms with Gasteiger partial charge < -0.3 is 4.74 Å².